The van der Waals surface area contributed by atoms with Crippen LogP contribution < -0.4 is 5.32 Å². The quantitative estimate of drug-likeness (QED) is 0.123. The highest BCUT2D eigenvalue weighted by molar-refractivity contribution is 6.00. The van der Waals surface area contributed by atoms with E-state index in [0.29, 0.717) is 63.9 Å². The fourth-order valence-electron chi connectivity index (χ4n) is 9.59. The van der Waals surface area contributed by atoms with Gasteiger partial charge in [-0.3, -0.25) is 24.2 Å². The fourth-order valence-corrected chi connectivity index (χ4v) is 9.59. The third kappa shape index (κ3) is 10.3. The van der Waals surface area contributed by atoms with Gasteiger partial charge in [-0.15, -0.1) is 11.7 Å². The Labute approximate surface area is 355 Å². The molecule has 3 aliphatic rings. The zero-order chi connectivity index (χ0) is 43.9. The van der Waals surface area contributed by atoms with Gasteiger partial charge in [0.05, 0.1) is 35.7 Å². The summed E-state index contributed by atoms with van der Waals surface area (Å²) in [4.78, 5) is 50.6. The predicted octanol–water partition coefficient (Wildman–Crippen LogP) is 4.65. The summed E-state index contributed by atoms with van der Waals surface area (Å²) < 4.78 is 33.6. The van der Waals surface area contributed by atoms with E-state index in [1.54, 1.807) is 35.9 Å². The summed E-state index contributed by atoms with van der Waals surface area (Å²) >= 11 is 0. The molecule has 2 unspecified atom stereocenters. The van der Waals surface area contributed by atoms with Gasteiger partial charge in [0.25, 0.3) is 0 Å². The van der Waals surface area contributed by atoms with Crippen LogP contribution in [0.1, 0.15) is 87.0 Å². The van der Waals surface area contributed by atoms with Crippen molar-refractivity contribution in [2.75, 3.05) is 34.3 Å². The molecule has 0 saturated carbocycles. The second kappa shape index (κ2) is 20.4. The van der Waals surface area contributed by atoms with Crippen LogP contribution in [0.25, 0.3) is 11.4 Å². The number of ketones is 1. The minimum atomic E-state index is -1.24. The number of aryl methyl sites for hydroxylation is 1. The number of aliphatic hydroxyl groups excluding tert-OH is 1. The minimum Gasteiger partial charge on any atom is -0.458 e. The largest absolute Gasteiger partial charge is 0.458 e. The van der Waals surface area contributed by atoms with Gasteiger partial charge in [-0.2, -0.15) is 0 Å². The number of likely N-dealkylation sites (N-methyl/N-ethyl adjacent to an activating group) is 1. The number of aliphatic hydroxyl groups is 1. The van der Waals surface area contributed by atoms with Gasteiger partial charge in [0.2, 0.25) is 0 Å². The average molecular weight is 840 g/mol. The SMILES string of the molecule is C=CC[C@@]1(OC)C[C@@H](C)CN[C@H](C)[C@H]2N(CCCCn3cc(-c4ccccn4)nn3)C(=O)O[C@]2(C)[C@@H](CC)OC(=O)[C@H](C)C(=O)[C@H](C)[C@H]1O[C@@H]1O[C@H](C)CC(N(C)C)C1O. The van der Waals surface area contributed by atoms with E-state index < -0.39 is 71.5 Å². The molecule has 3 aliphatic heterocycles. The lowest BCUT2D eigenvalue weighted by atomic mass is 9.75. The number of carbonyl (C=O) groups excluding carboxylic acids is 3. The van der Waals surface area contributed by atoms with Gasteiger partial charge in [-0.05, 0) is 105 Å². The smallest absolute Gasteiger partial charge is 0.410 e. The fraction of sp³-hybridized carbons (Fsp3) is 0.727. The number of nitrogens with one attached hydrogen (secondary N) is 1. The Morgan fingerprint density at radius 3 is 2.48 bits per heavy atom. The van der Waals surface area contributed by atoms with E-state index in [1.807, 2.05) is 71.1 Å². The molecule has 1 amide bonds. The van der Waals surface area contributed by atoms with Gasteiger partial charge < -0.3 is 39.0 Å². The first-order chi connectivity index (χ1) is 28.5. The number of methoxy groups -OCH3 is 1. The Hall–Kier alpha value is -3.80. The highest BCUT2D eigenvalue weighted by Gasteiger charge is 2.59. The number of carbonyl (C=O) groups is 3. The van der Waals surface area contributed by atoms with E-state index in [-0.39, 0.29) is 24.1 Å². The van der Waals surface area contributed by atoms with Crippen LogP contribution in [0.3, 0.4) is 0 Å². The molecule has 0 aliphatic carbocycles. The Bertz CT molecular complexity index is 1750. The van der Waals surface area contributed by atoms with E-state index in [4.69, 9.17) is 23.7 Å². The molecule has 0 spiro atoms. The van der Waals surface area contributed by atoms with Gasteiger partial charge in [0, 0.05) is 44.4 Å². The van der Waals surface area contributed by atoms with Gasteiger partial charge in [-0.25, -0.2) is 4.79 Å². The highest BCUT2D eigenvalue weighted by atomic mass is 16.7. The topological polar surface area (TPSA) is 180 Å². The number of aromatic nitrogens is 4. The van der Waals surface area contributed by atoms with Crippen molar-refractivity contribution < 1.29 is 43.2 Å². The number of hydrogen-bond donors (Lipinski definition) is 2. The highest BCUT2D eigenvalue weighted by Crippen LogP contribution is 2.41. The monoisotopic (exact) mass is 840 g/mol. The molecule has 2 aromatic rings. The van der Waals surface area contributed by atoms with Crippen molar-refractivity contribution in [1.29, 1.82) is 0 Å². The molecule has 2 aromatic heterocycles. The zero-order valence-corrected chi connectivity index (χ0v) is 37.3. The summed E-state index contributed by atoms with van der Waals surface area (Å²) in [7, 11) is 5.39. The summed E-state index contributed by atoms with van der Waals surface area (Å²) in [6.07, 6.45) is 3.75. The molecular formula is C44H69N7O9. The molecule has 16 heteroatoms. The summed E-state index contributed by atoms with van der Waals surface area (Å²) in [5, 5.41) is 23.8. The Morgan fingerprint density at radius 1 is 1.10 bits per heavy atom. The summed E-state index contributed by atoms with van der Waals surface area (Å²) in [6.45, 7) is 18.5. The number of unbranched alkanes of at least 4 members (excludes halogenated alkanes) is 1. The van der Waals surface area contributed by atoms with Crippen LogP contribution in [-0.2, 0) is 39.8 Å². The molecule has 0 bridgehead atoms. The molecule has 16 nitrogen and oxygen atoms in total. The minimum absolute atomic E-state index is 0.0508. The van der Waals surface area contributed by atoms with Gasteiger partial charge >= 0.3 is 12.1 Å². The lowest BCUT2D eigenvalue weighted by molar-refractivity contribution is -0.297. The molecule has 3 saturated heterocycles. The third-order valence-corrected chi connectivity index (χ3v) is 12.8. The maximum Gasteiger partial charge on any atom is 0.410 e. The molecule has 60 heavy (non-hydrogen) atoms. The standard InChI is InChI=1S/C44H69N7O9/c1-12-19-44(56-11)24-27(3)25-46-31(7)38-43(8,60-42(55)51(38)22-17-16-21-50-26-33(47-48-50)32-18-14-15-20-45-32)35(13-2)58-40(54)30(6)36(52)29(5)39(44)59-41-37(53)34(49(9)10)23-28(4)57-41/h12,14-15,18,20,26-31,34-35,37-39,41,46,53H,1,13,16-17,19,21-25H2,2-11H3/t27-,28-,29+,30-,31-,34?,35-,37?,38-,39-,41+,43-,44-/m1/s1. The van der Waals surface area contributed by atoms with Crippen LogP contribution in [0, 0.1) is 17.8 Å². The normalized spacial score (nSPS) is 36.0. The number of Topliss-reactive ketones (excluding diaryl/α,β-unsaturated/α-hetero) is 1. The number of nitrogens with zero attached hydrogens (tertiary/aromatic N) is 6. The second-order valence-corrected chi connectivity index (χ2v) is 17.6. The lowest BCUT2D eigenvalue weighted by Gasteiger charge is -2.47. The van der Waals surface area contributed by atoms with Crippen LogP contribution >= 0.6 is 0 Å². The number of fused-ring (bicyclic) bond motifs is 1. The first-order valence-corrected chi connectivity index (χ1v) is 21.6. The van der Waals surface area contributed by atoms with Crippen molar-refractivity contribution in [2.45, 2.75) is 154 Å². The van der Waals surface area contributed by atoms with Crippen LogP contribution in [0.4, 0.5) is 4.79 Å². The van der Waals surface area contributed by atoms with Crippen molar-refractivity contribution in [2.24, 2.45) is 17.8 Å². The van der Waals surface area contributed by atoms with Crippen molar-refractivity contribution >= 4 is 17.8 Å². The van der Waals surface area contributed by atoms with Crippen molar-refractivity contribution in [1.82, 2.24) is 35.1 Å². The van der Waals surface area contributed by atoms with E-state index in [1.165, 1.54) is 6.92 Å². The number of amides is 1. The maximum absolute atomic E-state index is 14.5. The van der Waals surface area contributed by atoms with Gasteiger partial charge in [-0.1, -0.05) is 38.1 Å². The van der Waals surface area contributed by atoms with Crippen molar-refractivity contribution in [3.63, 3.8) is 0 Å². The van der Waals surface area contributed by atoms with Gasteiger partial charge in [0.15, 0.2) is 17.7 Å². The second-order valence-electron chi connectivity index (χ2n) is 17.6. The molecule has 0 aromatic carbocycles. The first-order valence-electron chi connectivity index (χ1n) is 21.6. The number of ether oxygens (including phenoxy) is 5. The van der Waals surface area contributed by atoms with Crippen LogP contribution in [0.5, 0.6) is 0 Å². The summed E-state index contributed by atoms with van der Waals surface area (Å²) in [5.41, 5.74) is -0.923. The first kappa shape index (κ1) is 47.3. The molecule has 3 fully saturated rings. The Balaban J connectivity index is 1.42. The van der Waals surface area contributed by atoms with Crippen molar-refractivity contribution in [3.8, 4) is 11.4 Å². The molecule has 13 atom stereocenters. The third-order valence-electron chi connectivity index (χ3n) is 12.8. The maximum atomic E-state index is 14.5. The van der Waals surface area contributed by atoms with Crippen molar-refractivity contribution in [3.05, 3.63) is 43.2 Å². The number of pyridine rings is 1. The average Bonchev–Trinajstić information content (AvgIpc) is 3.80. The number of rotatable bonds is 13. The van der Waals surface area contributed by atoms with E-state index in [0.717, 1.165) is 5.69 Å². The van der Waals surface area contributed by atoms with E-state index >= 15 is 0 Å². The van der Waals surface area contributed by atoms with E-state index in [2.05, 4.69) is 34.1 Å². The zero-order valence-electron chi connectivity index (χ0n) is 37.3. The molecule has 334 valence electrons. The summed E-state index contributed by atoms with van der Waals surface area (Å²) in [6, 6.07) is 4.55. The number of hydrogen-bond acceptors (Lipinski definition) is 14. The molecule has 2 N–H and O–H groups in total. The Kier molecular flexibility index (Phi) is 16.1. The van der Waals surface area contributed by atoms with E-state index in [9.17, 15) is 19.5 Å². The Morgan fingerprint density at radius 2 is 1.83 bits per heavy atom. The number of cyclic esters (lactones) is 1. The summed E-state index contributed by atoms with van der Waals surface area (Å²) in [5.74, 6) is -3.29. The van der Waals surface area contributed by atoms with Crippen LogP contribution in [-0.4, -0.2) is 147 Å². The molecule has 0 radical (unpaired) electrons. The predicted molar refractivity (Wildman–Crippen MR) is 224 cm³/mol. The molecular weight excluding hydrogens is 771 g/mol. The molecule has 5 rings (SSSR count). The van der Waals surface area contributed by atoms with Crippen LogP contribution in [0.15, 0.2) is 43.2 Å². The van der Waals surface area contributed by atoms with Crippen LogP contribution in [0.2, 0.25) is 0 Å². The lowest BCUT2D eigenvalue weighted by Crippen LogP contribution is -2.61. The van der Waals surface area contributed by atoms with Gasteiger partial charge in [0.1, 0.15) is 23.8 Å². The molecule has 5 heterocycles. The number of esters is 1.